The van der Waals surface area contributed by atoms with Gasteiger partial charge in [-0.1, -0.05) is 0 Å². The Hall–Kier alpha value is 0.139. The van der Waals surface area contributed by atoms with Crippen LogP contribution in [0.3, 0.4) is 0 Å². The van der Waals surface area contributed by atoms with E-state index < -0.39 is 0 Å². The van der Waals surface area contributed by atoms with Crippen molar-refractivity contribution in [1.29, 1.82) is 0 Å². The van der Waals surface area contributed by atoms with E-state index in [9.17, 15) is 0 Å². The molecule has 0 spiro atoms. The van der Waals surface area contributed by atoms with Crippen molar-refractivity contribution in [3.63, 3.8) is 0 Å². The number of rotatable bonds is 2. The fourth-order valence-corrected chi connectivity index (χ4v) is 8.14. The maximum absolute atomic E-state index is 6.80. The van der Waals surface area contributed by atoms with Crippen LogP contribution in [-0.2, 0) is 40.9 Å². The SMILES string of the molecule is CC1=CC(C)C(=[N+](Cl)C(C)(C)C)C([C]2([Ti+3])C(C)=CC=C2C)=C1.CC1=CC(C)C(=[N+](Cl)C(C)(C)C)C([C]2([Ti])C(C)=CC=C2C)=C1.[Cl-].[Cl-].[Cl-]. The van der Waals surface area contributed by atoms with Crippen LogP contribution in [0.4, 0.5) is 0 Å². The quantitative estimate of drug-likeness (QED) is 0.298. The molecular weight excluding hydrogens is 757 g/mol. The van der Waals surface area contributed by atoms with Crippen LogP contribution in [0.1, 0.15) is 96.9 Å². The van der Waals surface area contributed by atoms with Gasteiger partial charge in [-0.25, -0.2) is 0 Å². The van der Waals surface area contributed by atoms with Gasteiger partial charge in [0.05, 0.1) is 0 Å². The summed E-state index contributed by atoms with van der Waals surface area (Å²) in [6.07, 6.45) is 18.2. The van der Waals surface area contributed by atoms with Gasteiger partial charge in [-0.05, 0) is 0 Å². The van der Waals surface area contributed by atoms with Gasteiger partial charge in [0, 0.05) is 0 Å². The first kappa shape index (κ1) is 47.1. The zero-order valence-corrected chi connectivity index (χ0v) is 37.5. The number of hydrogen-bond donors (Lipinski definition) is 0. The number of halogens is 5. The molecule has 2 nitrogen and oxygen atoms in total. The maximum atomic E-state index is 6.80. The third kappa shape index (κ3) is 9.33. The molecule has 0 fully saturated rings. The van der Waals surface area contributed by atoms with Gasteiger partial charge >= 0.3 is 305 Å². The van der Waals surface area contributed by atoms with Crippen LogP contribution >= 0.6 is 23.6 Å². The van der Waals surface area contributed by atoms with E-state index in [-0.39, 0.29) is 55.7 Å². The topological polar surface area (TPSA) is 6.02 Å². The first-order valence-corrected chi connectivity index (χ1v) is 17.9. The number of allylic oxidation sites excluding steroid dienone is 16. The Balaban J connectivity index is 0.000000846. The third-order valence-electron chi connectivity index (χ3n) is 9.13. The van der Waals surface area contributed by atoms with Gasteiger partial charge in [0.25, 0.3) is 0 Å². The monoisotopic (exact) mass is 807 g/mol. The van der Waals surface area contributed by atoms with Crippen LogP contribution < -0.4 is 37.2 Å². The van der Waals surface area contributed by atoms with Crippen LogP contribution in [0.2, 0.25) is 7.44 Å². The smallest absolute Gasteiger partial charge is 1.00 e. The van der Waals surface area contributed by atoms with Gasteiger partial charge in [-0.15, -0.1) is 0 Å². The predicted molar refractivity (Wildman–Crippen MR) is 184 cm³/mol. The van der Waals surface area contributed by atoms with Gasteiger partial charge < -0.3 is 37.2 Å². The second-order valence-corrected chi connectivity index (χ2v) is 18.1. The van der Waals surface area contributed by atoms with Crippen LogP contribution in [0, 0.1) is 11.8 Å². The summed E-state index contributed by atoms with van der Waals surface area (Å²) in [5.41, 5.74) is 13.1. The minimum absolute atomic E-state index is 0. The Morgan fingerprint density at radius 1 is 0.617 bits per heavy atom. The van der Waals surface area contributed by atoms with Gasteiger partial charge in [-0.2, -0.15) is 0 Å². The molecule has 4 rings (SSSR count). The van der Waals surface area contributed by atoms with Crippen molar-refractivity contribution in [3.8, 4) is 0 Å². The first-order valence-electron chi connectivity index (χ1n) is 15.7. The van der Waals surface area contributed by atoms with Crippen LogP contribution in [-0.4, -0.2) is 30.7 Å². The van der Waals surface area contributed by atoms with E-state index in [0.717, 1.165) is 0 Å². The summed E-state index contributed by atoms with van der Waals surface area (Å²) in [4.78, 5) is 0. The van der Waals surface area contributed by atoms with Gasteiger partial charge in [0.2, 0.25) is 0 Å². The molecule has 47 heavy (non-hydrogen) atoms. The van der Waals surface area contributed by atoms with Crippen LogP contribution in [0.5, 0.6) is 0 Å². The van der Waals surface area contributed by atoms with Gasteiger partial charge in [-0.3, -0.25) is 0 Å². The summed E-state index contributed by atoms with van der Waals surface area (Å²) in [6.45, 7) is 30.7. The molecule has 2 unspecified atom stereocenters. The van der Waals surface area contributed by atoms with E-state index in [1.54, 1.807) is 0 Å². The van der Waals surface area contributed by atoms with Crippen LogP contribution in [0.25, 0.3) is 0 Å². The minimum Gasteiger partial charge on any atom is -1.00 e. The maximum Gasteiger partial charge on any atom is -1.00 e. The first-order chi connectivity index (χ1) is 20.0. The average Bonchev–Trinajstić information content (AvgIpc) is 3.31. The summed E-state index contributed by atoms with van der Waals surface area (Å²) in [5, 5.41) is 0. The molecule has 4 aliphatic carbocycles. The molecular formula is C38H52Cl5N2Ti2+2. The van der Waals surface area contributed by atoms with E-state index in [4.69, 9.17) is 23.6 Å². The minimum atomic E-state index is -0.118. The normalized spacial score (nSPS) is 25.3. The largest absolute Gasteiger partial charge is 1.00 e. The second-order valence-electron chi connectivity index (χ2n) is 15.1. The fraction of sp³-hybridized carbons (Fsp3) is 0.526. The molecule has 0 saturated heterocycles. The van der Waals surface area contributed by atoms with Crippen molar-refractivity contribution in [2.45, 2.75) is 115 Å². The number of hydrogen-bond acceptors (Lipinski definition) is 0. The van der Waals surface area contributed by atoms with E-state index in [0.29, 0.717) is 11.8 Å². The fourth-order valence-electron chi connectivity index (χ4n) is 6.50. The Labute approximate surface area is 338 Å². The molecule has 2 atom stereocenters. The third-order valence-corrected chi connectivity index (χ3v) is 13.8. The van der Waals surface area contributed by atoms with Crippen LogP contribution in [0.15, 0.2) is 93.2 Å². The van der Waals surface area contributed by atoms with E-state index >= 15 is 0 Å². The molecule has 4 aliphatic rings. The Kier molecular flexibility index (Phi) is 17.2. The van der Waals surface area contributed by atoms with Gasteiger partial charge in [0.1, 0.15) is 0 Å². The molecule has 0 aliphatic heterocycles. The zero-order valence-electron chi connectivity index (χ0n) is 30.6. The molecule has 0 aromatic heterocycles. The zero-order chi connectivity index (χ0) is 33.7. The molecule has 0 aromatic rings. The summed E-state index contributed by atoms with van der Waals surface area (Å²) in [7, 11) is 0. The molecule has 9 heteroatoms. The van der Waals surface area contributed by atoms with Crippen molar-refractivity contribution in [1.82, 2.24) is 0 Å². The molecule has 0 saturated carbocycles. The van der Waals surface area contributed by atoms with Crippen molar-refractivity contribution in [3.05, 3.63) is 93.2 Å². The van der Waals surface area contributed by atoms with Crippen molar-refractivity contribution < 1.29 is 86.3 Å². The van der Waals surface area contributed by atoms with Crippen molar-refractivity contribution >= 4 is 35.0 Å². The molecule has 0 bridgehead atoms. The Morgan fingerprint density at radius 2 is 0.915 bits per heavy atom. The molecule has 0 aromatic carbocycles. The summed E-state index contributed by atoms with van der Waals surface area (Å²) >= 11 is 18.2. The Morgan fingerprint density at radius 3 is 1.26 bits per heavy atom. The van der Waals surface area contributed by atoms with E-state index in [1.165, 1.54) is 56.0 Å². The Bertz CT molecular complexity index is 1400. The average molecular weight is 810 g/mol. The molecule has 0 amide bonds. The molecule has 0 N–H and O–H groups in total. The molecule has 0 radical (unpaired) electrons. The summed E-state index contributed by atoms with van der Waals surface area (Å²) in [5.74, 6) is 0.629. The van der Waals surface area contributed by atoms with E-state index in [2.05, 4.69) is 186 Å². The summed E-state index contributed by atoms with van der Waals surface area (Å²) in [6, 6.07) is 0. The van der Waals surface area contributed by atoms with Crippen molar-refractivity contribution in [2.75, 3.05) is 0 Å². The van der Waals surface area contributed by atoms with Gasteiger partial charge in [0.15, 0.2) is 0 Å². The predicted octanol–water partition coefficient (Wildman–Crippen LogP) is 2.06. The number of nitrogens with zero attached hydrogens (tertiary/aromatic N) is 2. The summed E-state index contributed by atoms with van der Waals surface area (Å²) < 4.78 is 3.77. The second kappa shape index (κ2) is 17.1. The standard InChI is InChI=1S/2C19H26ClN.3ClH.2Ti/c2*1-12-10-15(4)18(21(20)19(5,6)7)16(11-12)17-13(2)8-9-14(17)3;;;;;/h2*8-11,15H,1-7H3;3*1H;;/q2*+1;;;;;+3/p-3. The molecule has 0 heterocycles. The van der Waals surface area contributed by atoms with Crippen molar-refractivity contribution in [2.24, 2.45) is 11.8 Å². The molecule has 255 valence electrons. The van der Waals surface area contributed by atoms with E-state index in [1.807, 2.05) is 8.19 Å².